The summed E-state index contributed by atoms with van der Waals surface area (Å²) in [6.07, 6.45) is 0. The van der Waals surface area contributed by atoms with Gasteiger partial charge in [0.05, 0.1) is 11.1 Å². The molecule has 3 aromatic rings. The first-order valence-corrected chi connectivity index (χ1v) is 6.04. The van der Waals surface area contributed by atoms with Crippen molar-refractivity contribution in [2.75, 3.05) is 0 Å². The lowest BCUT2D eigenvalue weighted by molar-refractivity contribution is -0.585. The highest BCUT2D eigenvalue weighted by Crippen LogP contribution is 2.21. The van der Waals surface area contributed by atoms with Crippen molar-refractivity contribution < 1.29 is 9.25 Å². The molecule has 19 heavy (non-hydrogen) atoms. The Labute approximate surface area is 114 Å². The van der Waals surface area contributed by atoms with Crippen LogP contribution in [0.1, 0.15) is 0 Å². The number of hydrogen-bond donors (Lipinski definition) is 0. The monoisotopic (exact) mass is 272 g/mol. The van der Waals surface area contributed by atoms with E-state index >= 15 is 0 Å². The van der Waals surface area contributed by atoms with Crippen LogP contribution in [0.15, 0.2) is 59.1 Å². The summed E-state index contributed by atoms with van der Waals surface area (Å²) >= 11 is 5.81. The van der Waals surface area contributed by atoms with Gasteiger partial charge in [0.1, 0.15) is 0 Å². The van der Waals surface area contributed by atoms with E-state index in [1.807, 2.05) is 18.2 Å². The zero-order chi connectivity index (χ0) is 13.2. The van der Waals surface area contributed by atoms with E-state index in [0.717, 1.165) is 0 Å². The van der Waals surface area contributed by atoms with Gasteiger partial charge in [0.15, 0.2) is 5.16 Å². The van der Waals surface area contributed by atoms with Gasteiger partial charge in [0.2, 0.25) is 0 Å². The standard InChI is InChI=1S/C14H9ClN2O2/c15-12-8-6-10(7-9-12)13-16-19-14(17(13)18)11-4-2-1-3-5-11/h1-9H. The molecule has 0 unspecified atom stereocenters. The predicted molar refractivity (Wildman–Crippen MR) is 71.3 cm³/mol. The van der Waals surface area contributed by atoms with E-state index in [-0.39, 0.29) is 11.7 Å². The fourth-order valence-electron chi connectivity index (χ4n) is 1.78. The Morgan fingerprint density at radius 2 is 1.63 bits per heavy atom. The van der Waals surface area contributed by atoms with Crippen molar-refractivity contribution in [3.8, 4) is 22.8 Å². The molecule has 3 rings (SSSR count). The van der Waals surface area contributed by atoms with Gasteiger partial charge in [-0.2, -0.15) is 4.73 Å². The van der Waals surface area contributed by atoms with E-state index in [2.05, 4.69) is 5.16 Å². The van der Waals surface area contributed by atoms with Gasteiger partial charge in [0.25, 0.3) is 0 Å². The number of rotatable bonds is 2. The van der Waals surface area contributed by atoms with Crippen molar-refractivity contribution in [3.05, 3.63) is 64.8 Å². The normalized spacial score (nSPS) is 10.6. The molecule has 0 amide bonds. The molecule has 1 aromatic heterocycles. The van der Waals surface area contributed by atoms with Crippen LogP contribution in [0.2, 0.25) is 5.02 Å². The summed E-state index contributed by atoms with van der Waals surface area (Å²) in [5, 5.41) is 16.6. The van der Waals surface area contributed by atoms with E-state index < -0.39 is 0 Å². The second kappa shape index (κ2) is 4.74. The lowest BCUT2D eigenvalue weighted by Crippen LogP contribution is -2.29. The lowest BCUT2D eigenvalue weighted by atomic mass is 10.2. The van der Waals surface area contributed by atoms with Crippen LogP contribution in [0, 0.1) is 5.21 Å². The van der Waals surface area contributed by atoms with E-state index in [4.69, 9.17) is 16.1 Å². The Morgan fingerprint density at radius 1 is 0.947 bits per heavy atom. The number of halogens is 1. The first-order chi connectivity index (χ1) is 9.25. The zero-order valence-corrected chi connectivity index (χ0v) is 10.5. The molecule has 0 aliphatic heterocycles. The van der Waals surface area contributed by atoms with Crippen LogP contribution < -0.4 is 4.73 Å². The lowest BCUT2D eigenvalue weighted by Gasteiger charge is -2.01. The van der Waals surface area contributed by atoms with Crippen molar-refractivity contribution >= 4 is 11.6 Å². The first kappa shape index (κ1) is 11.7. The van der Waals surface area contributed by atoms with Gasteiger partial charge in [-0.05, 0) is 36.4 Å². The molecular weight excluding hydrogens is 264 g/mol. The van der Waals surface area contributed by atoms with Crippen LogP contribution in [0.3, 0.4) is 0 Å². The van der Waals surface area contributed by atoms with E-state index in [9.17, 15) is 5.21 Å². The highest BCUT2D eigenvalue weighted by Gasteiger charge is 2.22. The van der Waals surface area contributed by atoms with Crippen molar-refractivity contribution in [1.29, 1.82) is 0 Å². The van der Waals surface area contributed by atoms with Crippen LogP contribution in [-0.2, 0) is 0 Å². The molecular formula is C14H9ClN2O2. The average Bonchev–Trinajstić information content (AvgIpc) is 2.83. The third-order valence-electron chi connectivity index (χ3n) is 2.72. The van der Waals surface area contributed by atoms with E-state index in [0.29, 0.717) is 20.9 Å². The molecule has 0 aliphatic carbocycles. The van der Waals surface area contributed by atoms with Gasteiger partial charge in [-0.1, -0.05) is 29.8 Å². The number of aromatic nitrogens is 2. The summed E-state index contributed by atoms with van der Waals surface area (Å²) in [4.78, 5) is 0. The Bertz CT molecular complexity index is 693. The fourth-order valence-corrected chi connectivity index (χ4v) is 1.90. The molecule has 0 bridgehead atoms. The topological polar surface area (TPSA) is 53.0 Å². The molecule has 5 heteroatoms. The van der Waals surface area contributed by atoms with Crippen molar-refractivity contribution in [3.63, 3.8) is 0 Å². The molecule has 2 aromatic carbocycles. The number of nitrogens with zero attached hydrogens (tertiary/aromatic N) is 2. The maximum absolute atomic E-state index is 12.2. The smallest absolute Gasteiger partial charge is 0.383 e. The van der Waals surface area contributed by atoms with E-state index in [1.165, 1.54) is 0 Å². The Balaban J connectivity index is 2.06. The third kappa shape index (κ3) is 2.18. The van der Waals surface area contributed by atoms with Crippen molar-refractivity contribution in [1.82, 2.24) is 5.16 Å². The fraction of sp³-hybridized carbons (Fsp3) is 0. The molecule has 0 saturated heterocycles. The molecule has 0 radical (unpaired) electrons. The van der Waals surface area contributed by atoms with E-state index in [1.54, 1.807) is 36.4 Å². The zero-order valence-electron chi connectivity index (χ0n) is 9.79. The average molecular weight is 273 g/mol. The number of benzene rings is 2. The predicted octanol–water partition coefficient (Wildman–Crippen LogP) is 3.30. The van der Waals surface area contributed by atoms with Crippen LogP contribution in [-0.4, -0.2) is 5.16 Å². The summed E-state index contributed by atoms with van der Waals surface area (Å²) in [7, 11) is 0. The molecule has 0 N–H and O–H groups in total. The van der Waals surface area contributed by atoms with Gasteiger partial charge in [-0.3, -0.25) is 0 Å². The van der Waals surface area contributed by atoms with Crippen LogP contribution in [0.25, 0.3) is 22.8 Å². The van der Waals surface area contributed by atoms with Gasteiger partial charge < -0.3 is 5.21 Å². The summed E-state index contributed by atoms with van der Waals surface area (Å²) in [6, 6.07) is 16.0. The van der Waals surface area contributed by atoms with Crippen LogP contribution in [0.5, 0.6) is 0 Å². The molecule has 0 fully saturated rings. The highest BCUT2D eigenvalue weighted by atomic mass is 35.5. The van der Waals surface area contributed by atoms with Gasteiger partial charge >= 0.3 is 11.7 Å². The highest BCUT2D eigenvalue weighted by molar-refractivity contribution is 6.30. The molecule has 1 heterocycles. The summed E-state index contributed by atoms with van der Waals surface area (Å²) in [5.41, 5.74) is 1.34. The largest absolute Gasteiger partial charge is 0.708 e. The summed E-state index contributed by atoms with van der Waals surface area (Å²) < 4.78 is 5.81. The van der Waals surface area contributed by atoms with Crippen molar-refractivity contribution in [2.24, 2.45) is 0 Å². The number of hydrogen-bond acceptors (Lipinski definition) is 3. The summed E-state index contributed by atoms with van der Waals surface area (Å²) in [6.45, 7) is 0. The Morgan fingerprint density at radius 3 is 2.32 bits per heavy atom. The SMILES string of the molecule is [O-][n+]1c(-c2ccc(Cl)cc2)noc1-c1ccccc1. The molecule has 0 aliphatic rings. The minimum absolute atomic E-state index is 0.172. The Hall–Kier alpha value is -2.33. The second-order valence-corrected chi connectivity index (χ2v) is 4.42. The molecule has 4 nitrogen and oxygen atoms in total. The quantitative estimate of drug-likeness (QED) is 0.531. The van der Waals surface area contributed by atoms with Gasteiger partial charge in [-0.25, -0.2) is 4.52 Å². The van der Waals surface area contributed by atoms with Gasteiger partial charge in [0, 0.05) is 5.02 Å². The maximum atomic E-state index is 12.2. The maximum Gasteiger partial charge on any atom is 0.383 e. The molecule has 94 valence electrons. The van der Waals surface area contributed by atoms with Gasteiger partial charge in [-0.15, -0.1) is 0 Å². The second-order valence-electron chi connectivity index (χ2n) is 3.98. The molecule has 0 atom stereocenters. The molecule has 0 saturated carbocycles. The van der Waals surface area contributed by atoms with Crippen LogP contribution >= 0.6 is 11.6 Å². The summed E-state index contributed by atoms with van der Waals surface area (Å²) in [5.74, 6) is 0.390. The molecule has 0 spiro atoms. The minimum Gasteiger partial charge on any atom is -0.708 e. The minimum atomic E-state index is 0.172. The third-order valence-corrected chi connectivity index (χ3v) is 2.97. The first-order valence-electron chi connectivity index (χ1n) is 5.66. The van der Waals surface area contributed by atoms with Crippen LogP contribution in [0.4, 0.5) is 0 Å². The Kier molecular flexibility index (Phi) is 2.93. The van der Waals surface area contributed by atoms with Crippen molar-refractivity contribution in [2.45, 2.75) is 0 Å².